The van der Waals surface area contributed by atoms with Crippen LogP contribution in [0.2, 0.25) is 0 Å². The number of amides is 1. The fraction of sp³-hybridized carbons (Fsp3) is 0.517. The highest BCUT2D eigenvalue weighted by molar-refractivity contribution is 8.05. The molecule has 2 aromatic rings. The van der Waals surface area contributed by atoms with Crippen LogP contribution in [0.3, 0.4) is 0 Å². The number of nitrogens with zero attached hydrogens (tertiary/aromatic N) is 5. The quantitative estimate of drug-likeness (QED) is 0.394. The van der Waals surface area contributed by atoms with E-state index in [1.807, 2.05) is 0 Å². The summed E-state index contributed by atoms with van der Waals surface area (Å²) in [4.78, 5) is 24.7. The van der Waals surface area contributed by atoms with E-state index in [9.17, 15) is 13.2 Å². The minimum atomic E-state index is -4.23. The Morgan fingerprint density at radius 2 is 2.02 bits per heavy atom. The van der Waals surface area contributed by atoms with Gasteiger partial charge in [-0.2, -0.15) is 13.4 Å². The van der Waals surface area contributed by atoms with E-state index in [0.29, 0.717) is 54.4 Å². The van der Waals surface area contributed by atoms with Crippen LogP contribution in [0, 0.1) is 17.4 Å². The maximum absolute atomic E-state index is 13.5. The van der Waals surface area contributed by atoms with Crippen molar-refractivity contribution in [1.82, 2.24) is 24.8 Å². The van der Waals surface area contributed by atoms with Gasteiger partial charge in [0.2, 0.25) is 5.88 Å². The number of carbonyl (C=O) groups is 1. The SMILES string of the molecule is CC1(CCCOc2ccn(-c3ccc4c(n3)N3CC(CCNC5=[C+]C=CC(=N5)S(=O)(=O)NC4=O)CC3(C)C)n2)CC1. The third kappa shape index (κ3) is 5.85. The van der Waals surface area contributed by atoms with Crippen molar-refractivity contribution in [3.8, 4) is 11.7 Å². The number of carbonyl (C=O) groups excluding carboxylic acids is 1. The first-order valence-electron chi connectivity index (χ1n) is 14.2. The molecule has 3 aliphatic heterocycles. The minimum Gasteiger partial charge on any atom is -0.477 e. The van der Waals surface area contributed by atoms with Gasteiger partial charge in [0, 0.05) is 30.9 Å². The first-order chi connectivity index (χ1) is 19.5. The van der Waals surface area contributed by atoms with Crippen molar-refractivity contribution in [2.75, 3.05) is 24.6 Å². The highest BCUT2D eigenvalue weighted by Crippen LogP contribution is 2.48. The average molecular weight is 579 g/mol. The van der Waals surface area contributed by atoms with Crippen LogP contribution in [-0.4, -0.2) is 59.4 Å². The number of rotatable bonds is 6. The zero-order valence-electron chi connectivity index (χ0n) is 23.7. The maximum Gasteiger partial charge on any atom is 0.301 e. The predicted octanol–water partition coefficient (Wildman–Crippen LogP) is 3.50. The number of fused-ring (bicyclic) bond motifs is 5. The normalized spacial score (nSPS) is 23.6. The number of allylic oxidation sites excluding steroid dienone is 2. The molecular formula is C29H36N7O4S+. The van der Waals surface area contributed by atoms with Gasteiger partial charge in [-0.05, 0) is 75.8 Å². The van der Waals surface area contributed by atoms with Gasteiger partial charge >= 0.3 is 10.0 Å². The van der Waals surface area contributed by atoms with E-state index in [-0.39, 0.29) is 16.1 Å². The summed E-state index contributed by atoms with van der Waals surface area (Å²) in [6.07, 6.45) is 14.0. The maximum atomic E-state index is 13.5. The van der Waals surface area contributed by atoms with Crippen LogP contribution < -0.4 is 19.7 Å². The van der Waals surface area contributed by atoms with Gasteiger partial charge in [0.05, 0.1) is 12.2 Å². The van der Waals surface area contributed by atoms with E-state index < -0.39 is 15.9 Å². The van der Waals surface area contributed by atoms with E-state index in [4.69, 9.17) is 9.72 Å². The van der Waals surface area contributed by atoms with Gasteiger partial charge in [0.15, 0.2) is 11.9 Å². The Labute approximate surface area is 240 Å². The molecular weight excluding hydrogens is 542 g/mol. The summed E-state index contributed by atoms with van der Waals surface area (Å²) in [6.45, 7) is 8.43. The van der Waals surface area contributed by atoms with E-state index >= 15 is 0 Å². The summed E-state index contributed by atoms with van der Waals surface area (Å²) >= 11 is 0. The summed E-state index contributed by atoms with van der Waals surface area (Å²) in [7, 11) is -4.23. The van der Waals surface area contributed by atoms with E-state index in [0.717, 1.165) is 25.7 Å². The number of ether oxygens (including phenoxy) is 1. The lowest BCUT2D eigenvalue weighted by Gasteiger charge is -2.34. The summed E-state index contributed by atoms with van der Waals surface area (Å²) in [5.74, 6) is 1.32. The number of aliphatic imine (C=N–C) groups is 1. The Morgan fingerprint density at radius 3 is 2.83 bits per heavy atom. The Balaban J connectivity index is 1.31. The number of nitrogens with one attached hydrogen (secondary N) is 2. The zero-order chi connectivity index (χ0) is 28.8. The number of anilines is 1. The van der Waals surface area contributed by atoms with Crippen LogP contribution in [0.4, 0.5) is 5.82 Å². The monoisotopic (exact) mass is 578 g/mol. The Bertz CT molecular complexity index is 1550. The second-order valence-corrected chi connectivity index (χ2v) is 14.0. The Hall–Kier alpha value is -3.76. The summed E-state index contributed by atoms with van der Waals surface area (Å²) in [5, 5.41) is 7.48. The van der Waals surface area contributed by atoms with Gasteiger partial charge in [-0.3, -0.25) is 4.79 Å². The van der Waals surface area contributed by atoms with Crippen molar-refractivity contribution >= 4 is 26.8 Å². The van der Waals surface area contributed by atoms with Gasteiger partial charge in [-0.25, -0.2) is 14.4 Å². The van der Waals surface area contributed by atoms with Gasteiger partial charge < -0.3 is 15.0 Å². The second kappa shape index (κ2) is 10.3. The van der Waals surface area contributed by atoms with Gasteiger partial charge in [-0.15, -0.1) is 5.10 Å². The lowest BCUT2D eigenvalue weighted by Crippen LogP contribution is -2.42. The molecule has 41 heavy (non-hydrogen) atoms. The van der Waals surface area contributed by atoms with E-state index in [1.54, 1.807) is 29.1 Å². The molecule has 0 aromatic carbocycles. The number of hydrogen-bond donors (Lipinski definition) is 2. The fourth-order valence-corrected chi connectivity index (χ4v) is 6.71. The van der Waals surface area contributed by atoms with Crippen LogP contribution in [0.15, 0.2) is 47.4 Å². The number of pyridine rings is 1. The first kappa shape index (κ1) is 27.4. The zero-order valence-corrected chi connectivity index (χ0v) is 24.5. The van der Waals surface area contributed by atoms with Crippen molar-refractivity contribution in [2.24, 2.45) is 16.3 Å². The lowest BCUT2D eigenvalue weighted by molar-refractivity contribution is 0.0982. The molecule has 1 atom stereocenters. The molecule has 5 heterocycles. The molecule has 12 heteroatoms. The number of aromatic nitrogens is 3. The molecule has 2 N–H and O–H groups in total. The van der Waals surface area contributed by atoms with Crippen LogP contribution in [0.25, 0.3) is 5.82 Å². The summed E-state index contributed by atoms with van der Waals surface area (Å²) in [5.41, 5.74) is 0.343. The summed E-state index contributed by atoms with van der Waals surface area (Å²) < 4.78 is 35.9. The largest absolute Gasteiger partial charge is 0.477 e. The summed E-state index contributed by atoms with van der Waals surface area (Å²) in [6, 6.07) is 5.07. The molecule has 11 nitrogen and oxygen atoms in total. The van der Waals surface area contributed by atoms with Gasteiger partial charge in [-0.1, -0.05) is 6.92 Å². The Morgan fingerprint density at radius 1 is 1.20 bits per heavy atom. The molecule has 4 bridgehead atoms. The van der Waals surface area contributed by atoms with Gasteiger partial charge in [0.25, 0.3) is 16.8 Å². The van der Waals surface area contributed by atoms with Crippen LogP contribution in [0.1, 0.15) is 69.7 Å². The topological polar surface area (TPSA) is 131 Å². The number of sulfonamides is 1. The lowest BCUT2D eigenvalue weighted by atomic mass is 9.94. The third-order valence-electron chi connectivity index (χ3n) is 8.41. The van der Waals surface area contributed by atoms with Gasteiger partial charge in [0.1, 0.15) is 18.0 Å². The molecule has 1 saturated carbocycles. The van der Waals surface area contributed by atoms with Crippen molar-refractivity contribution in [3.05, 3.63) is 54.0 Å². The van der Waals surface area contributed by atoms with Crippen LogP contribution in [0.5, 0.6) is 5.88 Å². The average Bonchev–Trinajstić information content (AvgIpc) is 3.33. The minimum absolute atomic E-state index is 0.168. The Kier molecular flexibility index (Phi) is 6.86. The molecule has 2 fully saturated rings. The molecule has 6 rings (SSSR count). The highest BCUT2D eigenvalue weighted by atomic mass is 32.2. The molecule has 4 aliphatic rings. The molecule has 0 radical (unpaired) electrons. The van der Waals surface area contributed by atoms with Crippen molar-refractivity contribution in [2.45, 2.75) is 64.8 Å². The molecule has 1 saturated heterocycles. The van der Waals surface area contributed by atoms with Crippen molar-refractivity contribution < 1.29 is 17.9 Å². The molecule has 1 amide bonds. The molecule has 0 spiro atoms. The molecule has 1 unspecified atom stereocenters. The highest BCUT2D eigenvalue weighted by Gasteiger charge is 2.41. The fourth-order valence-electron chi connectivity index (χ4n) is 5.79. The van der Waals surface area contributed by atoms with Crippen molar-refractivity contribution in [3.63, 3.8) is 0 Å². The first-order valence-corrected chi connectivity index (χ1v) is 15.7. The molecule has 216 valence electrons. The molecule has 2 aromatic heterocycles. The smallest absolute Gasteiger partial charge is 0.301 e. The molecule has 1 aliphatic carbocycles. The number of hydrogen-bond acceptors (Lipinski definition) is 9. The standard InChI is InChI=1S/C29H35N7O4S/c1-28(2)18-20-10-15-30-22-6-4-7-25(31-22)41(38,39)34-27(37)21-8-9-23(32-26(21)35(28)19-20)36-16-11-24(33-36)40-17-5-12-29(3)13-14-29/h4,7-9,11,16,20H,5,10,12-15,17-19H2,1-3H3,(H-,30,31,34,37)/p+1. The second-order valence-electron chi connectivity index (χ2n) is 12.3. The van der Waals surface area contributed by atoms with E-state index in [1.165, 1.54) is 25.0 Å². The van der Waals surface area contributed by atoms with Crippen molar-refractivity contribution in [1.29, 1.82) is 0 Å². The van der Waals surface area contributed by atoms with E-state index in [2.05, 4.69) is 51.9 Å². The predicted molar refractivity (Wildman–Crippen MR) is 155 cm³/mol. The third-order valence-corrected chi connectivity index (χ3v) is 9.65. The van der Waals surface area contributed by atoms with Crippen LogP contribution in [-0.2, 0) is 10.0 Å². The van der Waals surface area contributed by atoms with Crippen LogP contribution >= 0.6 is 0 Å².